The molecule has 1 saturated carbocycles. The minimum absolute atomic E-state index is 0.0847. The molecule has 0 radical (unpaired) electrons. The van der Waals surface area contributed by atoms with Gasteiger partial charge >= 0.3 is 0 Å². The molecule has 2 heterocycles. The number of benzene rings is 1. The Kier molecular flexibility index (Phi) is 5.63. The number of rotatable bonds is 8. The molecule has 0 N–H and O–H groups in total. The molecule has 6 heteroatoms. The third-order valence-corrected chi connectivity index (χ3v) is 7.52. The van der Waals surface area contributed by atoms with Gasteiger partial charge in [-0.05, 0) is 54.9 Å². The molecule has 1 saturated heterocycles. The van der Waals surface area contributed by atoms with Crippen molar-refractivity contribution in [2.45, 2.75) is 69.7 Å². The Morgan fingerprint density at radius 2 is 1.71 bits per heavy atom. The van der Waals surface area contributed by atoms with Crippen LogP contribution in [0, 0.1) is 0 Å². The highest BCUT2D eigenvalue weighted by Gasteiger charge is 2.32. The van der Waals surface area contributed by atoms with Crippen molar-refractivity contribution < 1.29 is 12.8 Å². The first kappa shape index (κ1) is 19.7. The fraction of sp³-hybridized carbons (Fsp3) is 0.545. The van der Waals surface area contributed by atoms with Crippen LogP contribution in [0.4, 0.5) is 0 Å². The Hall–Kier alpha value is -1.63. The van der Waals surface area contributed by atoms with E-state index in [0.29, 0.717) is 31.6 Å². The van der Waals surface area contributed by atoms with Crippen LogP contribution in [0.15, 0.2) is 45.9 Å². The predicted octanol–water partition coefficient (Wildman–Crippen LogP) is 4.35. The second-order valence-electron chi connectivity index (χ2n) is 8.36. The van der Waals surface area contributed by atoms with Crippen LogP contribution >= 0.6 is 0 Å². The molecule has 0 atom stereocenters. The summed E-state index contributed by atoms with van der Waals surface area (Å²) in [5.74, 6) is 1.26. The first-order valence-electron chi connectivity index (χ1n) is 10.4. The summed E-state index contributed by atoms with van der Waals surface area (Å²) in [6.45, 7) is 7.11. The molecule has 1 aliphatic heterocycles. The van der Waals surface area contributed by atoms with Gasteiger partial charge in [0.05, 0.1) is 6.54 Å². The van der Waals surface area contributed by atoms with Gasteiger partial charge in [-0.15, -0.1) is 0 Å². The third kappa shape index (κ3) is 4.34. The highest BCUT2D eigenvalue weighted by Crippen LogP contribution is 2.31. The van der Waals surface area contributed by atoms with Gasteiger partial charge in [-0.3, -0.25) is 4.90 Å². The van der Waals surface area contributed by atoms with Gasteiger partial charge in [0.25, 0.3) is 10.0 Å². The number of sulfonamides is 1. The van der Waals surface area contributed by atoms with Gasteiger partial charge in [-0.25, -0.2) is 8.42 Å². The third-order valence-electron chi connectivity index (χ3n) is 5.75. The number of hydrogen-bond acceptors (Lipinski definition) is 4. The van der Waals surface area contributed by atoms with E-state index >= 15 is 0 Å². The lowest BCUT2D eigenvalue weighted by atomic mass is 10.0. The molecule has 1 aromatic carbocycles. The predicted molar refractivity (Wildman–Crippen MR) is 110 cm³/mol. The molecule has 2 aromatic rings. The Bertz CT molecular complexity index is 892. The molecular weight excluding hydrogens is 372 g/mol. The van der Waals surface area contributed by atoms with Gasteiger partial charge in [0.1, 0.15) is 5.76 Å². The molecule has 4 rings (SSSR count). The zero-order valence-electron chi connectivity index (χ0n) is 16.8. The number of hydrogen-bond donors (Lipinski definition) is 0. The van der Waals surface area contributed by atoms with Gasteiger partial charge in [0.2, 0.25) is 5.09 Å². The molecule has 152 valence electrons. The zero-order valence-corrected chi connectivity index (χ0v) is 17.6. The lowest BCUT2D eigenvalue weighted by Gasteiger charge is -2.21. The van der Waals surface area contributed by atoms with Crippen molar-refractivity contribution in [3.8, 4) is 0 Å². The maximum atomic E-state index is 12.7. The Balaban J connectivity index is 1.45. The average molecular weight is 403 g/mol. The average Bonchev–Trinajstić information content (AvgIpc) is 3.16. The van der Waals surface area contributed by atoms with E-state index in [1.54, 1.807) is 6.07 Å². The Labute approximate surface area is 168 Å². The van der Waals surface area contributed by atoms with Crippen molar-refractivity contribution in [2.24, 2.45) is 0 Å². The standard InChI is InChI=1S/C22H30N2O3S/c1-17(2)19-7-5-18(6-8-19)15-23(20-9-10-20)16-21-11-12-22(27-21)28(25,26)24-13-3-4-14-24/h5-8,11-12,17,20H,3-4,9-10,13-16H2,1-2H3. The molecular formula is C22H30N2O3S. The molecule has 0 bridgehead atoms. The molecule has 5 nitrogen and oxygen atoms in total. The normalized spacial score (nSPS) is 18.4. The van der Waals surface area contributed by atoms with Crippen molar-refractivity contribution in [2.75, 3.05) is 13.1 Å². The molecule has 1 aliphatic carbocycles. The summed E-state index contributed by atoms with van der Waals surface area (Å²) in [6, 6.07) is 12.8. The second kappa shape index (κ2) is 8.01. The fourth-order valence-electron chi connectivity index (χ4n) is 3.83. The summed E-state index contributed by atoms with van der Waals surface area (Å²) < 4.78 is 32.7. The lowest BCUT2D eigenvalue weighted by Crippen LogP contribution is -2.27. The summed E-state index contributed by atoms with van der Waals surface area (Å²) in [5, 5.41) is 0.0847. The maximum absolute atomic E-state index is 12.7. The van der Waals surface area contributed by atoms with Crippen LogP contribution in [-0.2, 0) is 23.1 Å². The number of furan rings is 1. The molecule has 28 heavy (non-hydrogen) atoms. The van der Waals surface area contributed by atoms with Crippen molar-refractivity contribution in [3.63, 3.8) is 0 Å². The van der Waals surface area contributed by atoms with Crippen LogP contribution in [0.5, 0.6) is 0 Å². The summed E-state index contributed by atoms with van der Waals surface area (Å²) in [7, 11) is -3.48. The summed E-state index contributed by atoms with van der Waals surface area (Å²) in [6.07, 6.45) is 4.25. The van der Waals surface area contributed by atoms with Crippen LogP contribution in [0.25, 0.3) is 0 Å². The SMILES string of the molecule is CC(C)c1ccc(CN(Cc2ccc(S(=O)(=O)N3CCCC3)o2)C2CC2)cc1. The van der Waals surface area contributed by atoms with Crippen molar-refractivity contribution in [3.05, 3.63) is 53.3 Å². The second-order valence-corrected chi connectivity index (χ2v) is 10.2. The molecule has 1 aromatic heterocycles. The highest BCUT2D eigenvalue weighted by atomic mass is 32.2. The van der Waals surface area contributed by atoms with Crippen LogP contribution in [-0.4, -0.2) is 36.8 Å². The molecule has 2 aliphatic rings. The van der Waals surface area contributed by atoms with E-state index in [-0.39, 0.29) is 5.09 Å². The summed E-state index contributed by atoms with van der Waals surface area (Å²) in [4.78, 5) is 2.40. The molecule has 0 spiro atoms. The van der Waals surface area contributed by atoms with Crippen LogP contribution in [0.2, 0.25) is 0 Å². The van der Waals surface area contributed by atoms with Crippen molar-refractivity contribution in [1.29, 1.82) is 0 Å². The zero-order chi connectivity index (χ0) is 19.7. The van der Waals surface area contributed by atoms with E-state index in [2.05, 4.69) is 43.0 Å². The number of nitrogens with zero attached hydrogens (tertiary/aromatic N) is 2. The van der Waals surface area contributed by atoms with E-state index < -0.39 is 10.0 Å². The topological polar surface area (TPSA) is 53.8 Å². The van der Waals surface area contributed by atoms with Crippen LogP contribution in [0.3, 0.4) is 0 Å². The van der Waals surface area contributed by atoms with E-state index in [0.717, 1.165) is 25.1 Å². The van der Waals surface area contributed by atoms with Gasteiger partial charge in [-0.1, -0.05) is 38.1 Å². The van der Waals surface area contributed by atoms with Crippen molar-refractivity contribution >= 4 is 10.0 Å². The van der Waals surface area contributed by atoms with Crippen molar-refractivity contribution in [1.82, 2.24) is 9.21 Å². The first-order valence-corrected chi connectivity index (χ1v) is 11.8. The largest absolute Gasteiger partial charge is 0.447 e. The minimum atomic E-state index is -3.48. The summed E-state index contributed by atoms with van der Waals surface area (Å²) in [5.41, 5.74) is 2.64. The quantitative estimate of drug-likeness (QED) is 0.659. The van der Waals surface area contributed by atoms with Gasteiger partial charge in [0, 0.05) is 25.7 Å². The summed E-state index contributed by atoms with van der Waals surface area (Å²) >= 11 is 0. The molecule has 0 amide bonds. The van der Waals surface area contributed by atoms with E-state index in [9.17, 15) is 8.42 Å². The first-order chi connectivity index (χ1) is 13.4. The van der Waals surface area contributed by atoms with Gasteiger partial charge < -0.3 is 4.42 Å². The monoisotopic (exact) mass is 402 g/mol. The molecule has 2 fully saturated rings. The van der Waals surface area contributed by atoms with Gasteiger partial charge in [0.15, 0.2) is 0 Å². The highest BCUT2D eigenvalue weighted by molar-refractivity contribution is 7.89. The van der Waals surface area contributed by atoms with Gasteiger partial charge in [-0.2, -0.15) is 4.31 Å². The molecule has 0 unspecified atom stereocenters. The smallest absolute Gasteiger partial charge is 0.276 e. The Morgan fingerprint density at radius 3 is 2.32 bits per heavy atom. The van der Waals surface area contributed by atoms with Crippen LogP contribution < -0.4 is 0 Å². The minimum Gasteiger partial charge on any atom is -0.447 e. The van der Waals surface area contributed by atoms with Crippen LogP contribution in [0.1, 0.15) is 62.3 Å². The van der Waals surface area contributed by atoms with E-state index in [1.807, 2.05) is 6.07 Å². The fourth-order valence-corrected chi connectivity index (χ4v) is 5.28. The van der Waals surface area contributed by atoms with E-state index in [4.69, 9.17) is 4.42 Å². The Morgan fingerprint density at radius 1 is 1.04 bits per heavy atom. The van der Waals surface area contributed by atoms with E-state index in [1.165, 1.54) is 28.3 Å². The lowest BCUT2D eigenvalue weighted by molar-refractivity contribution is 0.218. The maximum Gasteiger partial charge on any atom is 0.276 e.